The number of nitriles is 1. The molecule has 0 amide bonds. The minimum atomic E-state index is -0.397. The molecule has 1 rings (SSSR count). The lowest BCUT2D eigenvalue weighted by molar-refractivity contribution is 0.0599. The van der Waals surface area contributed by atoms with E-state index in [9.17, 15) is 4.79 Å². The minimum Gasteiger partial charge on any atom is -0.465 e. The van der Waals surface area contributed by atoms with Crippen molar-refractivity contribution in [3.05, 3.63) is 32.4 Å². The SMILES string of the molecule is CCc1cc(C#N)c(I)c(C(=O)OC)c1. The van der Waals surface area contributed by atoms with Gasteiger partial charge in [-0.25, -0.2) is 4.79 Å². The van der Waals surface area contributed by atoms with Crippen molar-refractivity contribution in [2.45, 2.75) is 13.3 Å². The van der Waals surface area contributed by atoms with Crippen LogP contribution in [0.2, 0.25) is 0 Å². The summed E-state index contributed by atoms with van der Waals surface area (Å²) >= 11 is 1.99. The van der Waals surface area contributed by atoms with Crippen molar-refractivity contribution < 1.29 is 9.53 Å². The van der Waals surface area contributed by atoms with E-state index in [1.54, 1.807) is 12.1 Å². The number of methoxy groups -OCH3 is 1. The molecule has 0 N–H and O–H groups in total. The van der Waals surface area contributed by atoms with Crippen LogP contribution in [0, 0.1) is 14.9 Å². The van der Waals surface area contributed by atoms with Crippen molar-refractivity contribution in [1.82, 2.24) is 0 Å². The largest absolute Gasteiger partial charge is 0.465 e. The van der Waals surface area contributed by atoms with Gasteiger partial charge in [-0.15, -0.1) is 0 Å². The number of carbonyl (C=O) groups excluding carboxylic acids is 1. The standard InChI is InChI=1S/C11H10INO2/c1-3-7-4-8(6-13)10(12)9(5-7)11(14)15-2/h4-5H,3H2,1-2H3. The van der Waals surface area contributed by atoms with E-state index in [2.05, 4.69) is 10.8 Å². The second-order valence-corrected chi connectivity index (χ2v) is 4.04. The first-order valence-electron chi connectivity index (χ1n) is 4.44. The molecule has 0 fully saturated rings. The van der Waals surface area contributed by atoms with Crippen LogP contribution in [0.3, 0.4) is 0 Å². The lowest BCUT2D eigenvalue weighted by atomic mass is 10.0. The predicted molar refractivity (Wildman–Crippen MR) is 64.6 cm³/mol. The Balaban J connectivity index is 3.38. The van der Waals surface area contributed by atoms with Crippen LogP contribution in [0.5, 0.6) is 0 Å². The molecule has 0 heterocycles. The fourth-order valence-corrected chi connectivity index (χ4v) is 1.88. The Bertz CT molecular complexity index is 435. The molecular formula is C11H10INO2. The second-order valence-electron chi connectivity index (χ2n) is 2.96. The van der Waals surface area contributed by atoms with E-state index >= 15 is 0 Å². The van der Waals surface area contributed by atoms with E-state index in [0.717, 1.165) is 12.0 Å². The highest BCUT2D eigenvalue weighted by Crippen LogP contribution is 2.20. The lowest BCUT2D eigenvalue weighted by Gasteiger charge is -2.06. The number of rotatable bonds is 2. The van der Waals surface area contributed by atoms with Crippen molar-refractivity contribution >= 4 is 28.6 Å². The number of carbonyl (C=O) groups is 1. The van der Waals surface area contributed by atoms with Crippen LogP contribution in [-0.2, 0) is 11.2 Å². The molecular weight excluding hydrogens is 305 g/mol. The van der Waals surface area contributed by atoms with Gasteiger partial charge in [0.2, 0.25) is 0 Å². The summed E-state index contributed by atoms with van der Waals surface area (Å²) in [6.45, 7) is 1.98. The first-order chi connectivity index (χ1) is 7.13. The summed E-state index contributed by atoms with van der Waals surface area (Å²) in [6.07, 6.45) is 0.787. The summed E-state index contributed by atoms with van der Waals surface area (Å²) in [5, 5.41) is 8.91. The van der Waals surface area contributed by atoms with Crippen LogP contribution in [0.25, 0.3) is 0 Å². The van der Waals surface area contributed by atoms with E-state index in [0.29, 0.717) is 14.7 Å². The highest BCUT2D eigenvalue weighted by Gasteiger charge is 2.14. The summed E-state index contributed by atoms with van der Waals surface area (Å²) in [6, 6.07) is 5.65. The number of nitrogens with zero attached hydrogens (tertiary/aromatic N) is 1. The van der Waals surface area contributed by atoms with Gasteiger partial charge in [-0.05, 0) is 46.7 Å². The van der Waals surface area contributed by atoms with Crippen molar-refractivity contribution in [2.24, 2.45) is 0 Å². The van der Waals surface area contributed by atoms with Gasteiger partial charge < -0.3 is 4.74 Å². The summed E-state index contributed by atoms with van der Waals surface area (Å²) < 4.78 is 5.31. The summed E-state index contributed by atoms with van der Waals surface area (Å²) in [4.78, 5) is 11.4. The average Bonchev–Trinajstić information content (AvgIpc) is 2.28. The van der Waals surface area contributed by atoms with Crippen LogP contribution in [0.15, 0.2) is 12.1 Å². The first-order valence-corrected chi connectivity index (χ1v) is 5.52. The third-order valence-electron chi connectivity index (χ3n) is 2.07. The van der Waals surface area contributed by atoms with Crippen molar-refractivity contribution in [2.75, 3.05) is 7.11 Å². The molecule has 0 atom stereocenters. The third kappa shape index (κ3) is 2.48. The topological polar surface area (TPSA) is 50.1 Å². The molecule has 0 aliphatic carbocycles. The molecule has 0 bridgehead atoms. The zero-order chi connectivity index (χ0) is 11.4. The zero-order valence-corrected chi connectivity index (χ0v) is 10.7. The Labute approximate surface area is 102 Å². The maximum absolute atomic E-state index is 11.4. The number of esters is 1. The predicted octanol–water partition coefficient (Wildman–Crippen LogP) is 2.51. The van der Waals surface area contributed by atoms with E-state index in [-0.39, 0.29) is 0 Å². The van der Waals surface area contributed by atoms with Crippen molar-refractivity contribution in [3.8, 4) is 6.07 Å². The molecule has 0 spiro atoms. The van der Waals surface area contributed by atoms with Gasteiger partial charge in [0.05, 0.1) is 18.2 Å². The second kappa shape index (κ2) is 5.12. The van der Waals surface area contributed by atoms with Gasteiger partial charge in [-0.1, -0.05) is 6.92 Å². The molecule has 78 valence electrons. The van der Waals surface area contributed by atoms with E-state index in [4.69, 9.17) is 5.26 Å². The Kier molecular flexibility index (Phi) is 4.09. The third-order valence-corrected chi connectivity index (χ3v) is 3.23. The molecule has 15 heavy (non-hydrogen) atoms. The Morgan fingerprint density at radius 2 is 2.27 bits per heavy atom. The van der Waals surface area contributed by atoms with Crippen molar-refractivity contribution in [3.63, 3.8) is 0 Å². The zero-order valence-electron chi connectivity index (χ0n) is 8.50. The maximum atomic E-state index is 11.4. The van der Waals surface area contributed by atoms with Crippen LogP contribution < -0.4 is 0 Å². The van der Waals surface area contributed by atoms with E-state index in [1.165, 1.54) is 7.11 Å². The molecule has 0 unspecified atom stereocenters. The van der Waals surface area contributed by atoms with E-state index in [1.807, 2.05) is 29.5 Å². The molecule has 0 aliphatic heterocycles. The van der Waals surface area contributed by atoms with Gasteiger partial charge in [0.1, 0.15) is 6.07 Å². The Morgan fingerprint density at radius 3 is 2.73 bits per heavy atom. The quantitative estimate of drug-likeness (QED) is 0.622. The maximum Gasteiger partial charge on any atom is 0.338 e. The van der Waals surface area contributed by atoms with Gasteiger partial charge >= 0.3 is 5.97 Å². The molecule has 4 heteroatoms. The molecule has 0 aliphatic rings. The number of hydrogen-bond acceptors (Lipinski definition) is 3. The fraction of sp³-hybridized carbons (Fsp3) is 0.273. The number of ether oxygens (including phenoxy) is 1. The number of halogens is 1. The number of aryl methyl sites for hydroxylation is 1. The van der Waals surface area contributed by atoms with E-state index < -0.39 is 5.97 Å². The van der Waals surface area contributed by atoms with Gasteiger partial charge in [-0.3, -0.25) is 0 Å². The highest BCUT2D eigenvalue weighted by molar-refractivity contribution is 14.1. The van der Waals surface area contributed by atoms with Crippen LogP contribution in [0.1, 0.15) is 28.4 Å². The monoisotopic (exact) mass is 315 g/mol. The van der Waals surface area contributed by atoms with Gasteiger partial charge in [-0.2, -0.15) is 5.26 Å². The minimum absolute atomic E-state index is 0.397. The molecule has 1 aromatic rings. The van der Waals surface area contributed by atoms with Crippen LogP contribution in [-0.4, -0.2) is 13.1 Å². The highest BCUT2D eigenvalue weighted by atomic mass is 127. The number of hydrogen-bond donors (Lipinski definition) is 0. The van der Waals surface area contributed by atoms with Gasteiger partial charge in [0, 0.05) is 3.57 Å². The molecule has 3 nitrogen and oxygen atoms in total. The lowest BCUT2D eigenvalue weighted by Crippen LogP contribution is -2.06. The van der Waals surface area contributed by atoms with Gasteiger partial charge in [0.15, 0.2) is 0 Å². The fourth-order valence-electron chi connectivity index (χ4n) is 1.23. The molecule has 0 radical (unpaired) electrons. The van der Waals surface area contributed by atoms with Crippen molar-refractivity contribution in [1.29, 1.82) is 5.26 Å². The Hall–Kier alpha value is -1.09. The average molecular weight is 315 g/mol. The first kappa shape index (κ1) is 12.0. The number of benzene rings is 1. The van der Waals surface area contributed by atoms with Crippen LogP contribution in [0.4, 0.5) is 0 Å². The summed E-state index contributed by atoms with van der Waals surface area (Å²) in [5.41, 5.74) is 1.96. The summed E-state index contributed by atoms with van der Waals surface area (Å²) in [5.74, 6) is -0.397. The Morgan fingerprint density at radius 1 is 1.60 bits per heavy atom. The molecule has 1 aromatic carbocycles. The van der Waals surface area contributed by atoms with Gasteiger partial charge in [0.25, 0.3) is 0 Å². The molecule has 0 saturated carbocycles. The van der Waals surface area contributed by atoms with Crippen LogP contribution >= 0.6 is 22.6 Å². The normalized spacial score (nSPS) is 9.47. The smallest absolute Gasteiger partial charge is 0.338 e. The molecule has 0 saturated heterocycles. The summed E-state index contributed by atoms with van der Waals surface area (Å²) in [7, 11) is 1.34. The molecule has 0 aromatic heterocycles.